The van der Waals surface area contributed by atoms with Crippen LogP contribution >= 0.6 is 0 Å². The van der Waals surface area contributed by atoms with Gasteiger partial charge in [-0.2, -0.15) is 18.3 Å². The van der Waals surface area contributed by atoms with Crippen molar-refractivity contribution in [2.45, 2.75) is 25.2 Å². The summed E-state index contributed by atoms with van der Waals surface area (Å²) in [6.07, 6.45) is -6.61. The molecular formula is C27H19F5N4O5. The summed E-state index contributed by atoms with van der Waals surface area (Å²) in [6.45, 7) is -0.378. The van der Waals surface area contributed by atoms with Crippen molar-refractivity contribution in [3.05, 3.63) is 89.5 Å². The van der Waals surface area contributed by atoms with Crippen LogP contribution in [0, 0.1) is 0 Å². The Balaban J connectivity index is 1.36. The van der Waals surface area contributed by atoms with Crippen LogP contribution in [0.5, 0.6) is 17.2 Å². The number of carbonyl (C=O) groups excluding carboxylic acids is 1. The molecule has 1 unspecified atom stereocenters. The van der Waals surface area contributed by atoms with Crippen LogP contribution in [-0.2, 0) is 17.5 Å². The number of nitrogens with zero attached hydrogens (tertiary/aromatic N) is 4. The molecule has 0 fully saturated rings. The van der Waals surface area contributed by atoms with Crippen LogP contribution in [-0.4, -0.2) is 40.6 Å². The largest absolute Gasteiger partial charge is 0.586 e. The molecule has 0 bridgehead atoms. The van der Waals surface area contributed by atoms with Gasteiger partial charge in [-0.3, -0.25) is 9.78 Å². The fourth-order valence-corrected chi connectivity index (χ4v) is 4.61. The molecule has 0 radical (unpaired) electrons. The van der Waals surface area contributed by atoms with Crippen molar-refractivity contribution in [1.29, 1.82) is 0 Å². The molecular weight excluding hydrogens is 555 g/mol. The molecule has 0 saturated carbocycles. The van der Waals surface area contributed by atoms with E-state index in [2.05, 4.69) is 19.6 Å². The van der Waals surface area contributed by atoms with Gasteiger partial charge in [-0.1, -0.05) is 6.07 Å². The standard InChI is InChI=1S/C27H19F5N4O5/c1-35(16-7-8-20-21(11-16)41-27(31,32)40-20)25(37)15-4-2-5-17(10-15)36-23-19(24(34-36)26(28,29)30)13-38-14-22(23)39-18-6-3-9-33-12-18/h2-12,22H,13-14H2,1H3. The van der Waals surface area contributed by atoms with Gasteiger partial charge in [-0.05, 0) is 42.5 Å². The third kappa shape index (κ3) is 5.01. The second-order valence-electron chi connectivity index (χ2n) is 9.15. The highest BCUT2D eigenvalue weighted by atomic mass is 19.4. The lowest BCUT2D eigenvalue weighted by Crippen LogP contribution is -2.27. The number of hydrogen-bond donors (Lipinski definition) is 0. The lowest BCUT2D eigenvalue weighted by molar-refractivity contribution is -0.286. The Morgan fingerprint density at radius 2 is 1.90 bits per heavy atom. The Bertz CT molecular complexity index is 1630. The number of alkyl halides is 5. The summed E-state index contributed by atoms with van der Waals surface area (Å²) >= 11 is 0. The third-order valence-electron chi connectivity index (χ3n) is 6.44. The van der Waals surface area contributed by atoms with E-state index in [1.807, 2.05) is 0 Å². The molecule has 0 saturated heterocycles. The molecule has 6 rings (SSSR count). The van der Waals surface area contributed by atoms with Crippen LogP contribution < -0.4 is 19.1 Å². The van der Waals surface area contributed by atoms with E-state index in [1.165, 1.54) is 66.8 Å². The van der Waals surface area contributed by atoms with Crippen molar-refractivity contribution >= 4 is 11.6 Å². The summed E-state index contributed by atoms with van der Waals surface area (Å²) in [5, 5.41) is 3.87. The summed E-state index contributed by atoms with van der Waals surface area (Å²) < 4.78 is 90.1. The van der Waals surface area contributed by atoms with E-state index in [0.29, 0.717) is 5.75 Å². The number of anilines is 1. The minimum Gasteiger partial charge on any atom is -0.480 e. The molecule has 0 spiro atoms. The van der Waals surface area contributed by atoms with Crippen molar-refractivity contribution in [1.82, 2.24) is 14.8 Å². The van der Waals surface area contributed by atoms with Crippen LogP contribution in [0.25, 0.3) is 5.69 Å². The SMILES string of the molecule is CN(C(=O)c1cccc(-n2nc(C(F)(F)F)c3c2C(Oc2cccnc2)COC3)c1)c1ccc2c(c1)OC(F)(F)O2. The lowest BCUT2D eigenvalue weighted by Gasteiger charge is -2.26. The summed E-state index contributed by atoms with van der Waals surface area (Å²) in [5.41, 5.74) is -0.687. The summed E-state index contributed by atoms with van der Waals surface area (Å²) in [7, 11) is 1.41. The first-order chi connectivity index (χ1) is 19.5. The number of halogens is 5. The molecule has 4 heterocycles. The molecule has 4 aromatic rings. The highest BCUT2D eigenvalue weighted by molar-refractivity contribution is 6.06. The van der Waals surface area contributed by atoms with Crippen LogP contribution in [0.3, 0.4) is 0 Å². The summed E-state index contributed by atoms with van der Waals surface area (Å²) in [4.78, 5) is 18.5. The highest BCUT2D eigenvalue weighted by Gasteiger charge is 2.44. The van der Waals surface area contributed by atoms with E-state index in [4.69, 9.17) is 9.47 Å². The van der Waals surface area contributed by atoms with Crippen LogP contribution in [0.1, 0.15) is 33.4 Å². The number of rotatable bonds is 5. The normalized spacial score (nSPS) is 17.2. The van der Waals surface area contributed by atoms with Gasteiger partial charge in [0, 0.05) is 36.1 Å². The van der Waals surface area contributed by atoms with E-state index in [0.717, 1.165) is 4.68 Å². The molecule has 0 aliphatic carbocycles. The number of ether oxygens (including phenoxy) is 4. The number of fused-ring (bicyclic) bond motifs is 2. The predicted molar refractivity (Wildman–Crippen MR) is 131 cm³/mol. The van der Waals surface area contributed by atoms with Gasteiger partial charge in [-0.25, -0.2) is 4.68 Å². The Morgan fingerprint density at radius 3 is 2.66 bits per heavy atom. The summed E-state index contributed by atoms with van der Waals surface area (Å²) in [5.74, 6) is -0.675. The third-order valence-corrected chi connectivity index (χ3v) is 6.44. The first-order valence-corrected chi connectivity index (χ1v) is 12.1. The first-order valence-electron chi connectivity index (χ1n) is 12.1. The number of benzene rings is 2. The molecule has 9 nitrogen and oxygen atoms in total. The van der Waals surface area contributed by atoms with E-state index >= 15 is 0 Å². The minimum absolute atomic E-state index is 0.0462. The van der Waals surface area contributed by atoms with Crippen LogP contribution in [0.15, 0.2) is 67.0 Å². The zero-order valence-corrected chi connectivity index (χ0v) is 21.1. The molecule has 14 heteroatoms. The maximum absolute atomic E-state index is 14.0. The molecule has 0 N–H and O–H groups in total. The number of pyridine rings is 1. The average molecular weight is 574 g/mol. The van der Waals surface area contributed by atoms with E-state index in [9.17, 15) is 26.7 Å². The summed E-state index contributed by atoms with van der Waals surface area (Å²) in [6, 6.07) is 12.9. The van der Waals surface area contributed by atoms with Gasteiger partial charge in [0.2, 0.25) is 0 Å². The zero-order valence-electron chi connectivity index (χ0n) is 21.1. The first kappa shape index (κ1) is 26.5. The van der Waals surface area contributed by atoms with E-state index < -0.39 is 30.2 Å². The van der Waals surface area contributed by atoms with Crippen molar-refractivity contribution in [2.24, 2.45) is 0 Å². The lowest BCUT2D eigenvalue weighted by atomic mass is 10.1. The second-order valence-corrected chi connectivity index (χ2v) is 9.15. The quantitative estimate of drug-likeness (QED) is 0.290. The number of aromatic nitrogens is 3. The zero-order chi connectivity index (χ0) is 28.9. The maximum atomic E-state index is 14.0. The van der Waals surface area contributed by atoms with Gasteiger partial charge in [-0.15, -0.1) is 8.78 Å². The second kappa shape index (κ2) is 9.73. The Hall–Kier alpha value is -4.72. The molecule has 2 aliphatic heterocycles. The molecule has 1 atom stereocenters. The topological polar surface area (TPSA) is 87.9 Å². The Labute approximate surface area is 228 Å². The maximum Gasteiger partial charge on any atom is 0.586 e. The van der Waals surface area contributed by atoms with Gasteiger partial charge >= 0.3 is 12.5 Å². The van der Waals surface area contributed by atoms with Crippen LogP contribution in [0.2, 0.25) is 0 Å². The van der Waals surface area contributed by atoms with Gasteiger partial charge in [0.15, 0.2) is 23.3 Å². The smallest absolute Gasteiger partial charge is 0.480 e. The number of carbonyl (C=O) groups is 1. The van der Waals surface area contributed by atoms with Gasteiger partial charge < -0.3 is 23.8 Å². The monoisotopic (exact) mass is 574 g/mol. The number of hydrogen-bond acceptors (Lipinski definition) is 7. The highest BCUT2D eigenvalue weighted by Crippen LogP contribution is 2.43. The van der Waals surface area contributed by atoms with Crippen molar-refractivity contribution in [3.63, 3.8) is 0 Å². The predicted octanol–water partition coefficient (Wildman–Crippen LogP) is 5.53. The molecule has 2 aromatic heterocycles. The fraction of sp³-hybridized carbons (Fsp3) is 0.222. The van der Waals surface area contributed by atoms with Crippen molar-refractivity contribution in [2.75, 3.05) is 18.6 Å². The van der Waals surface area contributed by atoms with Gasteiger partial charge in [0.25, 0.3) is 5.91 Å². The van der Waals surface area contributed by atoms with Crippen LogP contribution in [0.4, 0.5) is 27.6 Å². The Kier molecular flexibility index (Phi) is 6.29. The molecule has 2 aromatic carbocycles. The molecule has 2 aliphatic rings. The molecule has 41 heavy (non-hydrogen) atoms. The fourth-order valence-electron chi connectivity index (χ4n) is 4.61. The van der Waals surface area contributed by atoms with E-state index in [1.54, 1.807) is 12.1 Å². The Morgan fingerprint density at radius 1 is 1.10 bits per heavy atom. The van der Waals surface area contributed by atoms with Crippen molar-refractivity contribution in [3.8, 4) is 22.9 Å². The van der Waals surface area contributed by atoms with Crippen molar-refractivity contribution < 1.29 is 45.7 Å². The average Bonchev–Trinajstić information content (AvgIpc) is 3.49. The minimum atomic E-state index is -4.78. The van der Waals surface area contributed by atoms with E-state index in [-0.39, 0.29) is 52.9 Å². The van der Waals surface area contributed by atoms with Gasteiger partial charge in [0.05, 0.1) is 30.8 Å². The molecule has 212 valence electrons. The molecule has 1 amide bonds. The van der Waals surface area contributed by atoms with Gasteiger partial charge in [0.1, 0.15) is 5.75 Å². The number of amides is 1.